The predicted octanol–water partition coefficient (Wildman–Crippen LogP) is 4.22. The third-order valence-electron chi connectivity index (χ3n) is 3.74. The van der Waals surface area contributed by atoms with Crippen molar-refractivity contribution in [3.8, 4) is 0 Å². The van der Waals surface area contributed by atoms with E-state index in [-0.39, 0.29) is 0 Å². The van der Waals surface area contributed by atoms with Crippen molar-refractivity contribution in [1.82, 2.24) is 4.72 Å². The second-order valence-corrected chi connectivity index (χ2v) is 8.16. The molecule has 1 atom stereocenters. The van der Waals surface area contributed by atoms with Crippen LogP contribution < -0.4 is 4.72 Å². The van der Waals surface area contributed by atoms with Gasteiger partial charge in [0.1, 0.15) is 0 Å². The summed E-state index contributed by atoms with van der Waals surface area (Å²) >= 11 is 1.61. The summed E-state index contributed by atoms with van der Waals surface area (Å²) < 4.78 is 66.9. The number of alkyl halides is 3. The Morgan fingerprint density at radius 2 is 1.71 bits per heavy atom. The van der Waals surface area contributed by atoms with Crippen LogP contribution in [0.1, 0.15) is 23.6 Å². The molecule has 2 aromatic rings. The van der Waals surface area contributed by atoms with Gasteiger partial charge in [-0.2, -0.15) is 13.2 Å². The number of halogens is 3. The second kappa shape index (κ2) is 6.42. The first kappa shape index (κ1) is 17.3. The number of thioether (sulfide) groups is 1. The lowest BCUT2D eigenvalue weighted by Gasteiger charge is -2.26. The lowest BCUT2D eigenvalue weighted by Crippen LogP contribution is -2.32. The van der Waals surface area contributed by atoms with Gasteiger partial charge in [-0.25, -0.2) is 13.1 Å². The second-order valence-electron chi connectivity index (χ2n) is 5.34. The third-order valence-corrected chi connectivity index (χ3v) is 6.39. The van der Waals surface area contributed by atoms with E-state index in [1.54, 1.807) is 23.9 Å². The van der Waals surface area contributed by atoms with Crippen LogP contribution in [0.15, 0.2) is 58.3 Å². The molecule has 3 rings (SSSR count). The fourth-order valence-electron chi connectivity index (χ4n) is 2.65. The van der Waals surface area contributed by atoms with Gasteiger partial charge in [0.15, 0.2) is 0 Å². The van der Waals surface area contributed by atoms with Gasteiger partial charge >= 0.3 is 6.18 Å². The molecule has 1 heterocycles. The number of nitrogens with one attached hydrogen (secondary N) is 1. The smallest absolute Gasteiger partial charge is 0.207 e. The molecule has 0 radical (unpaired) electrons. The van der Waals surface area contributed by atoms with Crippen molar-refractivity contribution in [3.05, 3.63) is 59.7 Å². The monoisotopic (exact) mass is 373 g/mol. The molecular formula is C16H14F3NO2S2. The van der Waals surface area contributed by atoms with E-state index in [9.17, 15) is 21.6 Å². The number of hydrogen-bond acceptors (Lipinski definition) is 3. The molecule has 0 bridgehead atoms. The van der Waals surface area contributed by atoms with Crippen LogP contribution in [0.2, 0.25) is 0 Å². The van der Waals surface area contributed by atoms with E-state index in [2.05, 4.69) is 4.72 Å². The molecule has 0 aromatic heterocycles. The van der Waals surface area contributed by atoms with Crippen LogP contribution in [0, 0.1) is 0 Å². The normalized spacial score (nSPS) is 18.2. The zero-order chi connectivity index (χ0) is 17.4. The van der Waals surface area contributed by atoms with E-state index in [1.807, 2.05) is 12.1 Å². The Hall–Kier alpha value is -1.51. The van der Waals surface area contributed by atoms with Crippen molar-refractivity contribution in [2.75, 3.05) is 5.75 Å². The standard InChI is InChI=1S/C16H14F3NO2S2/c17-16(18,19)12-6-2-4-8-15(12)24(21,22)20-13-9-10-23-14-7-3-1-5-11(13)14/h1-8,13,20H,9-10H2/t13-/m1/s1. The summed E-state index contributed by atoms with van der Waals surface area (Å²) in [7, 11) is -4.30. The zero-order valence-electron chi connectivity index (χ0n) is 12.4. The average Bonchev–Trinajstić information content (AvgIpc) is 2.54. The highest BCUT2D eigenvalue weighted by atomic mass is 32.2. The highest BCUT2D eigenvalue weighted by Crippen LogP contribution is 2.38. The SMILES string of the molecule is O=S(=O)(N[C@@H]1CCSc2ccccc21)c1ccccc1C(F)(F)F. The first-order valence-electron chi connectivity index (χ1n) is 7.19. The van der Waals surface area contributed by atoms with Crippen molar-refractivity contribution in [3.63, 3.8) is 0 Å². The van der Waals surface area contributed by atoms with Gasteiger partial charge < -0.3 is 0 Å². The quantitative estimate of drug-likeness (QED) is 0.876. The maximum absolute atomic E-state index is 13.1. The molecule has 8 heteroatoms. The molecule has 24 heavy (non-hydrogen) atoms. The van der Waals surface area contributed by atoms with Crippen LogP contribution in [0.4, 0.5) is 13.2 Å². The highest BCUT2D eigenvalue weighted by Gasteiger charge is 2.37. The van der Waals surface area contributed by atoms with Gasteiger partial charge in [0, 0.05) is 10.9 Å². The van der Waals surface area contributed by atoms with Gasteiger partial charge in [0.05, 0.1) is 10.5 Å². The van der Waals surface area contributed by atoms with Crippen molar-refractivity contribution in [2.24, 2.45) is 0 Å². The summed E-state index contributed by atoms with van der Waals surface area (Å²) in [6, 6.07) is 11.0. The van der Waals surface area contributed by atoms with Gasteiger partial charge in [0.25, 0.3) is 0 Å². The number of rotatable bonds is 3. The van der Waals surface area contributed by atoms with Crippen molar-refractivity contribution in [1.29, 1.82) is 0 Å². The van der Waals surface area contributed by atoms with Crippen LogP contribution in [0.25, 0.3) is 0 Å². The van der Waals surface area contributed by atoms with E-state index in [0.717, 1.165) is 22.6 Å². The first-order chi connectivity index (χ1) is 11.3. The Morgan fingerprint density at radius 1 is 1.04 bits per heavy atom. The molecule has 0 aliphatic carbocycles. The minimum absolute atomic E-state index is 0.523. The molecule has 0 saturated carbocycles. The van der Waals surface area contributed by atoms with Crippen molar-refractivity contribution >= 4 is 21.8 Å². The lowest BCUT2D eigenvalue weighted by molar-refractivity contribution is -0.139. The van der Waals surface area contributed by atoms with Crippen LogP contribution >= 0.6 is 11.8 Å². The first-order valence-corrected chi connectivity index (χ1v) is 9.66. The number of fused-ring (bicyclic) bond motifs is 1. The Bertz CT molecular complexity index is 850. The predicted molar refractivity (Wildman–Crippen MR) is 86.3 cm³/mol. The minimum Gasteiger partial charge on any atom is -0.207 e. The van der Waals surface area contributed by atoms with Gasteiger partial charge in [-0.1, -0.05) is 30.3 Å². The Kier molecular flexibility index (Phi) is 4.63. The topological polar surface area (TPSA) is 46.2 Å². The molecule has 0 amide bonds. The summed E-state index contributed by atoms with van der Waals surface area (Å²) in [5.74, 6) is 0.700. The van der Waals surface area contributed by atoms with Crippen LogP contribution in [0.5, 0.6) is 0 Å². The number of benzene rings is 2. The molecule has 1 N–H and O–H groups in total. The highest BCUT2D eigenvalue weighted by molar-refractivity contribution is 7.99. The van der Waals surface area contributed by atoms with Gasteiger partial charge in [-0.15, -0.1) is 11.8 Å². The Labute approximate surface area is 142 Å². The third kappa shape index (κ3) is 3.45. The summed E-state index contributed by atoms with van der Waals surface area (Å²) in [6.07, 6.45) is -4.21. The minimum atomic E-state index is -4.73. The Balaban J connectivity index is 1.97. The van der Waals surface area contributed by atoms with Crippen molar-refractivity contribution in [2.45, 2.75) is 28.4 Å². The fourth-order valence-corrected chi connectivity index (χ4v) is 5.25. The summed E-state index contributed by atoms with van der Waals surface area (Å²) in [5, 5.41) is 0. The maximum atomic E-state index is 13.1. The zero-order valence-corrected chi connectivity index (χ0v) is 14.0. The van der Waals surface area contributed by atoms with Crippen molar-refractivity contribution < 1.29 is 21.6 Å². The van der Waals surface area contributed by atoms with Crippen LogP contribution in [-0.2, 0) is 16.2 Å². The van der Waals surface area contributed by atoms with E-state index in [1.165, 1.54) is 12.1 Å². The average molecular weight is 373 g/mol. The molecule has 0 saturated heterocycles. The number of sulfonamides is 1. The number of hydrogen-bond donors (Lipinski definition) is 1. The van der Waals surface area contributed by atoms with E-state index in [4.69, 9.17) is 0 Å². The summed E-state index contributed by atoms with van der Waals surface area (Å²) in [4.78, 5) is 0.203. The summed E-state index contributed by atoms with van der Waals surface area (Å²) in [6.45, 7) is 0. The molecule has 0 unspecified atom stereocenters. The fraction of sp³-hybridized carbons (Fsp3) is 0.250. The van der Waals surface area contributed by atoms with Gasteiger partial charge in [0.2, 0.25) is 10.0 Å². The Morgan fingerprint density at radius 3 is 2.46 bits per heavy atom. The summed E-state index contributed by atoms with van der Waals surface area (Å²) in [5.41, 5.74) is -0.363. The van der Waals surface area contributed by atoms with E-state index < -0.39 is 32.7 Å². The molecule has 3 nitrogen and oxygen atoms in total. The molecule has 0 spiro atoms. The lowest BCUT2D eigenvalue weighted by atomic mass is 10.1. The molecule has 2 aromatic carbocycles. The molecule has 1 aliphatic heterocycles. The van der Waals surface area contributed by atoms with Gasteiger partial charge in [-0.05, 0) is 35.9 Å². The van der Waals surface area contributed by atoms with Crippen LogP contribution in [0.3, 0.4) is 0 Å². The molecular weight excluding hydrogens is 359 g/mol. The molecule has 1 aliphatic rings. The molecule has 0 fully saturated rings. The maximum Gasteiger partial charge on any atom is 0.417 e. The van der Waals surface area contributed by atoms with E-state index in [0.29, 0.717) is 12.2 Å². The van der Waals surface area contributed by atoms with Gasteiger partial charge in [-0.3, -0.25) is 0 Å². The largest absolute Gasteiger partial charge is 0.417 e. The van der Waals surface area contributed by atoms with Crippen LogP contribution in [-0.4, -0.2) is 14.2 Å². The molecule has 128 valence electrons. The van der Waals surface area contributed by atoms with E-state index >= 15 is 0 Å².